The molecule has 0 fully saturated rings. The fourth-order valence-corrected chi connectivity index (χ4v) is 1.81. The molecule has 0 heterocycles. The van der Waals surface area contributed by atoms with Crippen LogP contribution in [0.5, 0.6) is 0 Å². The molecule has 0 atom stereocenters. The van der Waals surface area contributed by atoms with Crippen LogP contribution in [0.3, 0.4) is 0 Å². The van der Waals surface area contributed by atoms with E-state index < -0.39 is 0 Å². The van der Waals surface area contributed by atoms with Gasteiger partial charge < -0.3 is 4.74 Å². The van der Waals surface area contributed by atoms with Crippen molar-refractivity contribution in [3.05, 3.63) is 0 Å². The van der Waals surface area contributed by atoms with E-state index in [1.807, 2.05) is 0 Å². The summed E-state index contributed by atoms with van der Waals surface area (Å²) in [5, 5.41) is 0. The monoisotopic (exact) mass is 242 g/mol. The van der Waals surface area contributed by atoms with Gasteiger partial charge in [-0.2, -0.15) is 0 Å². The van der Waals surface area contributed by atoms with Gasteiger partial charge in [0.05, 0.1) is 6.61 Å². The average molecular weight is 242 g/mol. The SMILES string of the molecule is CCCCCCCCCCC(=O)OCCCC. The predicted octanol–water partition coefficient (Wildman–Crippen LogP) is 4.86. The summed E-state index contributed by atoms with van der Waals surface area (Å²) in [5.74, 6) is -0.00978. The second-order valence-corrected chi connectivity index (χ2v) is 4.80. The lowest BCUT2D eigenvalue weighted by Gasteiger charge is -2.04. The van der Waals surface area contributed by atoms with Gasteiger partial charge in [-0.1, -0.05) is 65.2 Å². The smallest absolute Gasteiger partial charge is 0.305 e. The molecule has 0 aromatic carbocycles. The third-order valence-electron chi connectivity index (χ3n) is 3.00. The van der Waals surface area contributed by atoms with Gasteiger partial charge in [-0.05, 0) is 12.8 Å². The fourth-order valence-electron chi connectivity index (χ4n) is 1.81. The molecule has 0 bridgehead atoms. The fraction of sp³-hybridized carbons (Fsp3) is 0.933. The standard InChI is InChI=1S/C15H30O2/c1-3-5-7-8-9-10-11-12-13-15(16)17-14-6-4-2/h3-14H2,1-2H3. The number of carbonyl (C=O) groups is 1. The number of esters is 1. The highest BCUT2D eigenvalue weighted by atomic mass is 16.5. The molecule has 0 aliphatic carbocycles. The summed E-state index contributed by atoms with van der Waals surface area (Å²) < 4.78 is 5.10. The van der Waals surface area contributed by atoms with Crippen LogP contribution in [0.1, 0.15) is 84.5 Å². The van der Waals surface area contributed by atoms with Crippen molar-refractivity contribution >= 4 is 5.97 Å². The Hall–Kier alpha value is -0.530. The molecule has 0 aromatic heterocycles. The first-order chi connectivity index (χ1) is 8.31. The molecule has 0 radical (unpaired) electrons. The lowest BCUT2D eigenvalue weighted by Crippen LogP contribution is -2.05. The van der Waals surface area contributed by atoms with Crippen molar-refractivity contribution in [2.75, 3.05) is 6.61 Å². The summed E-state index contributed by atoms with van der Waals surface area (Å²) in [6.45, 7) is 4.95. The van der Waals surface area contributed by atoms with Crippen molar-refractivity contribution in [3.63, 3.8) is 0 Å². The third kappa shape index (κ3) is 13.4. The van der Waals surface area contributed by atoms with Crippen molar-refractivity contribution in [2.45, 2.75) is 84.5 Å². The van der Waals surface area contributed by atoms with E-state index in [1.165, 1.54) is 44.9 Å². The molecule has 0 saturated heterocycles. The minimum absolute atomic E-state index is 0.00978. The molecule has 0 unspecified atom stereocenters. The molecule has 17 heavy (non-hydrogen) atoms. The quantitative estimate of drug-likeness (QED) is 0.361. The molecule has 0 aliphatic rings. The second kappa shape index (κ2) is 13.5. The summed E-state index contributed by atoms with van der Waals surface area (Å²) in [6, 6.07) is 0. The van der Waals surface area contributed by atoms with Crippen molar-refractivity contribution in [2.24, 2.45) is 0 Å². The molecule has 0 aliphatic heterocycles. The summed E-state index contributed by atoms with van der Waals surface area (Å²) in [6.07, 6.45) is 12.9. The Kier molecular flexibility index (Phi) is 13.1. The molecular formula is C15H30O2. The van der Waals surface area contributed by atoms with E-state index in [9.17, 15) is 4.79 Å². The Morgan fingerprint density at radius 1 is 0.765 bits per heavy atom. The summed E-state index contributed by atoms with van der Waals surface area (Å²) in [5.41, 5.74) is 0. The number of hydrogen-bond acceptors (Lipinski definition) is 2. The van der Waals surface area contributed by atoms with E-state index in [4.69, 9.17) is 4.74 Å². The average Bonchev–Trinajstić information content (AvgIpc) is 2.33. The Labute approximate surface area is 107 Å². The highest BCUT2D eigenvalue weighted by Gasteiger charge is 2.01. The Bertz CT molecular complexity index is 166. The Balaban J connectivity index is 3.08. The summed E-state index contributed by atoms with van der Waals surface area (Å²) >= 11 is 0. The maximum Gasteiger partial charge on any atom is 0.305 e. The first kappa shape index (κ1) is 16.5. The topological polar surface area (TPSA) is 26.3 Å². The van der Waals surface area contributed by atoms with Crippen LogP contribution in [0.2, 0.25) is 0 Å². The van der Waals surface area contributed by atoms with E-state index in [-0.39, 0.29) is 5.97 Å². The van der Waals surface area contributed by atoms with Crippen LogP contribution in [-0.2, 0) is 9.53 Å². The van der Waals surface area contributed by atoms with Gasteiger partial charge in [0.1, 0.15) is 0 Å². The molecule has 0 aromatic rings. The van der Waals surface area contributed by atoms with E-state index >= 15 is 0 Å². The Morgan fingerprint density at radius 2 is 1.29 bits per heavy atom. The lowest BCUT2D eigenvalue weighted by molar-refractivity contribution is -0.143. The van der Waals surface area contributed by atoms with Crippen molar-refractivity contribution in [1.82, 2.24) is 0 Å². The van der Waals surface area contributed by atoms with Crippen molar-refractivity contribution in [3.8, 4) is 0 Å². The minimum atomic E-state index is -0.00978. The van der Waals surface area contributed by atoms with Gasteiger partial charge in [0.25, 0.3) is 0 Å². The van der Waals surface area contributed by atoms with Crippen molar-refractivity contribution in [1.29, 1.82) is 0 Å². The normalized spacial score (nSPS) is 10.5. The highest BCUT2D eigenvalue weighted by Crippen LogP contribution is 2.09. The van der Waals surface area contributed by atoms with Crippen molar-refractivity contribution < 1.29 is 9.53 Å². The lowest BCUT2D eigenvalue weighted by atomic mass is 10.1. The number of ether oxygens (including phenoxy) is 1. The zero-order valence-electron chi connectivity index (χ0n) is 11.8. The number of hydrogen-bond donors (Lipinski definition) is 0. The minimum Gasteiger partial charge on any atom is -0.466 e. The molecule has 0 N–H and O–H groups in total. The van der Waals surface area contributed by atoms with E-state index in [0.29, 0.717) is 13.0 Å². The third-order valence-corrected chi connectivity index (χ3v) is 3.00. The molecular weight excluding hydrogens is 212 g/mol. The first-order valence-corrected chi connectivity index (χ1v) is 7.46. The number of carbonyl (C=O) groups excluding carboxylic acids is 1. The summed E-state index contributed by atoms with van der Waals surface area (Å²) in [4.78, 5) is 11.3. The van der Waals surface area contributed by atoms with Gasteiger partial charge in [0.2, 0.25) is 0 Å². The van der Waals surface area contributed by atoms with E-state index in [0.717, 1.165) is 19.3 Å². The first-order valence-electron chi connectivity index (χ1n) is 7.46. The summed E-state index contributed by atoms with van der Waals surface area (Å²) in [7, 11) is 0. The van der Waals surface area contributed by atoms with Crippen LogP contribution < -0.4 is 0 Å². The molecule has 0 rings (SSSR count). The van der Waals surface area contributed by atoms with Gasteiger partial charge in [0, 0.05) is 6.42 Å². The highest BCUT2D eigenvalue weighted by molar-refractivity contribution is 5.69. The second-order valence-electron chi connectivity index (χ2n) is 4.80. The molecule has 0 amide bonds. The zero-order chi connectivity index (χ0) is 12.8. The largest absolute Gasteiger partial charge is 0.466 e. The van der Waals surface area contributed by atoms with E-state index in [2.05, 4.69) is 13.8 Å². The Morgan fingerprint density at radius 3 is 1.88 bits per heavy atom. The van der Waals surface area contributed by atoms with Crippen LogP contribution in [-0.4, -0.2) is 12.6 Å². The maximum absolute atomic E-state index is 11.3. The number of unbranched alkanes of at least 4 members (excludes halogenated alkanes) is 8. The molecule has 2 nitrogen and oxygen atoms in total. The van der Waals surface area contributed by atoms with Crippen LogP contribution in [0, 0.1) is 0 Å². The van der Waals surface area contributed by atoms with Gasteiger partial charge >= 0.3 is 5.97 Å². The van der Waals surface area contributed by atoms with Crippen LogP contribution in [0.25, 0.3) is 0 Å². The van der Waals surface area contributed by atoms with Gasteiger partial charge in [-0.15, -0.1) is 0 Å². The molecule has 0 saturated carbocycles. The number of rotatable bonds is 12. The maximum atomic E-state index is 11.3. The van der Waals surface area contributed by atoms with E-state index in [1.54, 1.807) is 0 Å². The van der Waals surface area contributed by atoms with Gasteiger partial charge in [0.15, 0.2) is 0 Å². The van der Waals surface area contributed by atoms with Gasteiger partial charge in [-0.25, -0.2) is 0 Å². The van der Waals surface area contributed by atoms with Crippen LogP contribution in [0.4, 0.5) is 0 Å². The zero-order valence-corrected chi connectivity index (χ0v) is 11.8. The van der Waals surface area contributed by atoms with Crippen LogP contribution >= 0.6 is 0 Å². The molecule has 102 valence electrons. The molecule has 0 spiro atoms. The van der Waals surface area contributed by atoms with Gasteiger partial charge in [-0.3, -0.25) is 4.79 Å². The predicted molar refractivity (Wildman–Crippen MR) is 73.1 cm³/mol. The molecule has 2 heteroatoms. The van der Waals surface area contributed by atoms with Crippen LogP contribution in [0.15, 0.2) is 0 Å².